The zero-order valence-corrected chi connectivity index (χ0v) is 11.3. The minimum atomic E-state index is 0.599. The molecular weight excluding hydrogens is 212 g/mol. The Morgan fingerprint density at radius 3 is 2.94 bits per heavy atom. The Bertz CT molecular complexity index is 209. The van der Waals surface area contributed by atoms with Crippen LogP contribution in [0.1, 0.15) is 39.0 Å². The maximum atomic E-state index is 5.42. The third-order valence-corrected chi connectivity index (χ3v) is 4.27. The molecule has 3 heteroatoms. The molecule has 3 nitrogen and oxygen atoms in total. The van der Waals surface area contributed by atoms with Gasteiger partial charge >= 0.3 is 0 Å². The molecule has 0 aromatic rings. The van der Waals surface area contributed by atoms with Gasteiger partial charge in [-0.3, -0.25) is 0 Å². The molecule has 2 aliphatic heterocycles. The fraction of sp³-hybridized carbons (Fsp3) is 1.00. The Morgan fingerprint density at radius 2 is 2.18 bits per heavy atom. The van der Waals surface area contributed by atoms with Crippen LogP contribution in [-0.4, -0.2) is 50.8 Å². The Balaban J connectivity index is 1.72. The van der Waals surface area contributed by atoms with Crippen molar-refractivity contribution in [2.45, 2.75) is 39.0 Å². The van der Waals surface area contributed by atoms with Crippen LogP contribution in [0.2, 0.25) is 0 Å². The molecule has 0 aromatic carbocycles. The Labute approximate surface area is 106 Å². The summed E-state index contributed by atoms with van der Waals surface area (Å²) in [5, 5.41) is 3.59. The van der Waals surface area contributed by atoms with Crippen LogP contribution < -0.4 is 5.32 Å². The number of likely N-dealkylation sites (tertiary alicyclic amines) is 1. The average molecular weight is 240 g/mol. The molecule has 0 radical (unpaired) electrons. The highest BCUT2D eigenvalue weighted by Crippen LogP contribution is 2.35. The van der Waals surface area contributed by atoms with E-state index in [1.54, 1.807) is 0 Å². The van der Waals surface area contributed by atoms with Crippen molar-refractivity contribution in [1.29, 1.82) is 0 Å². The van der Waals surface area contributed by atoms with E-state index in [1.807, 2.05) is 0 Å². The van der Waals surface area contributed by atoms with Gasteiger partial charge in [0.1, 0.15) is 0 Å². The zero-order valence-electron chi connectivity index (χ0n) is 11.3. The molecule has 0 aromatic heterocycles. The van der Waals surface area contributed by atoms with E-state index < -0.39 is 0 Å². The summed E-state index contributed by atoms with van der Waals surface area (Å²) in [6.07, 6.45) is 6.81. The minimum Gasteiger partial charge on any atom is -0.382 e. The summed E-state index contributed by atoms with van der Waals surface area (Å²) < 4.78 is 5.42. The first-order valence-electron chi connectivity index (χ1n) is 7.35. The number of piperidine rings is 2. The highest BCUT2D eigenvalue weighted by atomic mass is 16.5. The van der Waals surface area contributed by atoms with Crippen LogP contribution >= 0.6 is 0 Å². The summed E-state index contributed by atoms with van der Waals surface area (Å²) in [7, 11) is 0. The van der Waals surface area contributed by atoms with Gasteiger partial charge in [-0.1, -0.05) is 0 Å². The molecule has 2 rings (SSSR count). The van der Waals surface area contributed by atoms with Crippen LogP contribution in [0.15, 0.2) is 0 Å². The summed E-state index contributed by atoms with van der Waals surface area (Å²) in [4.78, 5) is 2.66. The number of ether oxygens (including phenoxy) is 1. The van der Waals surface area contributed by atoms with E-state index in [0.717, 1.165) is 13.2 Å². The Morgan fingerprint density at radius 1 is 1.29 bits per heavy atom. The second-order valence-corrected chi connectivity index (χ2v) is 5.71. The molecule has 1 spiro atoms. The smallest absolute Gasteiger partial charge is 0.0478 e. The largest absolute Gasteiger partial charge is 0.382 e. The van der Waals surface area contributed by atoms with Gasteiger partial charge in [0.15, 0.2) is 0 Å². The summed E-state index contributed by atoms with van der Waals surface area (Å²) >= 11 is 0. The van der Waals surface area contributed by atoms with Gasteiger partial charge in [-0.25, -0.2) is 0 Å². The average Bonchev–Trinajstić information content (AvgIpc) is 2.36. The van der Waals surface area contributed by atoms with E-state index >= 15 is 0 Å². The number of hydrogen-bond acceptors (Lipinski definition) is 3. The van der Waals surface area contributed by atoms with E-state index in [4.69, 9.17) is 4.74 Å². The van der Waals surface area contributed by atoms with Gasteiger partial charge in [-0.05, 0) is 57.5 Å². The van der Waals surface area contributed by atoms with Gasteiger partial charge in [0.25, 0.3) is 0 Å². The van der Waals surface area contributed by atoms with Crippen LogP contribution in [0.25, 0.3) is 0 Å². The van der Waals surface area contributed by atoms with Gasteiger partial charge < -0.3 is 15.0 Å². The van der Waals surface area contributed by atoms with E-state index in [9.17, 15) is 0 Å². The number of nitrogens with zero attached hydrogens (tertiary/aromatic N) is 1. The van der Waals surface area contributed by atoms with Crippen LogP contribution in [0.4, 0.5) is 0 Å². The second kappa shape index (κ2) is 6.72. The quantitative estimate of drug-likeness (QED) is 0.743. The molecule has 1 unspecified atom stereocenters. The predicted octanol–water partition coefficient (Wildman–Crippen LogP) is 1.88. The van der Waals surface area contributed by atoms with Gasteiger partial charge in [0.2, 0.25) is 0 Å². The fourth-order valence-electron chi connectivity index (χ4n) is 3.41. The van der Waals surface area contributed by atoms with Crippen molar-refractivity contribution in [3.63, 3.8) is 0 Å². The normalized spacial score (nSPS) is 30.9. The van der Waals surface area contributed by atoms with E-state index in [2.05, 4.69) is 17.1 Å². The van der Waals surface area contributed by atoms with Crippen LogP contribution in [0.3, 0.4) is 0 Å². The van der Waals surface area contributed by atoms with Gasteiger partial charge in [-0.2, -0.15) is 0 Å². The maximum absolute atomic E-state index is 5.42. The third kappa shape index (κ3) is 3.94. The van der Waals surface area contributed by atoms with Crippen molar-refractivity contribution >= 4 is 0 Å². The van der Waals surface area contributed by atoms with Gasteiger partial charge in [0.05, 0.1) is 0 Å². The first-order valence-corrected chi connectivity index (χ1v) is 7.35. The van der Waals surface area contributed by atoms with Gasteiger partial charge in [0, 0.05) is 32.8 Å². The predicted molar refractivity (Wildman–Crippen MR) is 71.3 cm³/mol. The first kappa shape index (κ1) is 13.3. The molecule has 1 atom stereocenters. The standard InChI is InChI=1S/C14H28N2O/c1-2-17-11-5-10-16-9-4-7-14(13-16)6-3-8-15-12-14/h15H,2-13H2,1H3. The summed E-state index contributed by atoms with van der Waals surface area (Å²) in [5.41, 5.74) is 0.599. The summed E-state index contributed by atoms with van der Waals surface area (Å²) in [6, 6.07) is 0. The lowest BCUT2D eigenvalue weighted by Crippen LogP contribution is -2.51. The molecule has 0 saturated carbocycles. The summed E-state index contributed by atoms with van der Waals surface area (Å²) in [6.45, 7) is 10.2. The molecule has 2 saturated heterocycles. The van der Waals surface area contributed by atoms with Crippen molar-refractivity contribution in [3.05, 3.63) is 0 Å². The molecule has 0 aliphatic carbocycles. The SMILES string of the molecule is CCOCCCN1CCCC2(CCCNC2)C1. The Hall–Kier alpha value is -0.120. The van der Waals surface area contributed by atoms with Crippen molar-refractivity contribution in [3.8, 4) is 0 Å². The van der Waals surface area contributed by atoms with E-state index in [0.29, 0.717) is 5.41 Å². The maximum Gasteiger partial charge on any atom is 0.0478 e. The van der Waals surface area contributed by atoms with Gasteiger partial charge in [-0.15, -0.1) is 0 Å². The van der Waals surface area contributed by atoms with Crippen molar-refractivity contribution < 1.29 is 4.74 Å². The molecule has 0 amide bonds. The summed E-state index contributed by atoms with van der Waals surface area (Å²) in [5.74, 6) is 0. The van der Waals surface area contributed by atoms with E-state index in [1.165, 1.54) is 64.8 Å². The molecule has 2 heterocycles. The minimum absolute atomic E-state index is 0.599. The molecule has 1 N–H and O–H groups in total. The lowest BCUT2D eigenvalue weighted by Gasteiger charge is -2.45. The monoisotopic (exact) mass is 240 g/mol. The zero-order chi connectivity index (χ0) is 12.0. The van der Waals surface area contributed by atoms with Crippen molar-refractivity contribution in [1.82, 2.24) is 10.2 Å². The first-order chi connectivity index (χ1) is 8.35. The Kier molecular flexibility index (Phi) is 5.26. The van der Waals surface area contributed by atoms with Crippen LogP contribution in [-0.2, 0) is 4.74 Å². The van der Waals surface area contributed by atoms with Crippen LogP contribution in [0.5, 0.6) is 0 Å². The lowest BCUT2D eigenvalue weighted by molar-refractivity contribution is 0.0555. The lowest BCUT2D eigenvalue weighted by atomic mass is 9.74. The number of rotatable bonds is 5. The molecule has 0 bridgehead atoms. The number of hydrogen-bond donors (Lipinski definition) is 1. The van der Waals surface area contributed by atoms with Crippen LogP contribution in [0, 0.1) is 5.41 Å². The third-order valence-electron chi connectivity index (χ3n) is 4.27. The second-order valence-electron chi connectivity index (χ2n) is 5.71. The topological polar surface area (TPSA) is 24.5 Å². The fourth-order valence-corrected chi connectivity index (χ4v) is 3.41. The molecule has 2 aliphatic rings. The van der Waals surface area contributed by atoms with Crippen molar-refractivity contribution in [2.75, 3.05) is 45.9 Å². The molecule has 17 heavy (non-hydrogen) atoms. The van der Waals surface area contributed by atoms with E-state index in [-0.39, 0.29) is 0 Å². The highest BCUT2D eigenvalue weighted by Gasteiger charge is 2.36. The molecular formula is C14H28N2O. The highest BCUT2D eigenvalue weighted by molar-refractivity contribution is 4.91. The van der Waals surface area contributed by atoms with Crippen molar-refractivity contribution in [2.24, 2.45) is 5.41 Å². The molecule has 100 valence electrons. The number of nitrogens with one attached hydrogen (secondary N) is 1. The molecule has 2 fully saturated rings.